The van der Waals surface area contributed by atoms with E-state index < -0.39 is 0 Å². The maximum Gasteiger partial charge on any atom is 0.0303 e. The highest BCUT2D eigenvalue weighted by Gasteiger charge is 2.32. The number of nitrogens with two attached hydrogens (primary N) is 1. The van der Waals surface area contributed by atoms with Gasteiger partial charge in [0.2, 0.25) is 0 Å². The Hall–Kier alpha value is -0.510. The summed E-state index contributed by atoms with van der Waals surface area (Å²) in [6.45, 7) is 8.69. The van der Waals surface area contributed by atoms with Crippen LogP contribution in [-0.2, 0) is 6.54 Å². The summed E-state index contributed by atoms with van der Waals surface area (Å²) in [7, 11) is 0. The molecule has 0 aromatic heterocycles. The van der Waals surface area contributed by atoms with Crippen molar-refractivity contribution in [3.8, 4) is 0 Å². The lowest BCUT2D eigenvalue weighted by Gasteiger charge is -2.40. The van der Waals surface area contributed by atoms with E-state index in [1.807, 2.05) is 11.8 Å². The second-order valence-corrected chi connectivity index (χ2v) is 7.01. The third kappa shape index (κ3) is 3.33. The van der Waals surface area contributed by atoms with Gasteiger partial charge in [-0.3, -0.25) is 4.90 Å². The van der Waals surface area contributed by atoms with Crippen LogP contribution in [0.5, 0.6) is 0 Å². The molecule has 2 N–H and O–H groups in total. The number of aryl methyl sites for hydroxylation is 2. The van der Waals surface area contributed by atoms with Crippen molar-refractivity contribution in [3.63, 3.8) is 0 Å². The Labute approximate surface area is 121 Å². The summed E-state index contributed by atoms with van der Waals surface area (Å²) in [6, 6.07) is 6.59. The van der Waals surface area contributed by atoms with Crippen molar-refractivity contribution < 1.29 is 0 Å². The lowest BCUT2D eigenvalue weighted by atomic mass is 9.94. The van der Waals surface area contributed by atoms with E-state index in [-0.39, 0.29) is 0 Å². The maximum atomic E-state index is 5.96. The van der Waals surface area contributed by atoms with E-state index in [1.165, 1.54) is 42.6 Å². The highest BCUT2D eigenvalue weighted by atomic mass is 32.2. The molecule has 0 spiro atoms. The van der Waals surface area contributed by atoms with Crippen molar-refractivity contribution >= 4 is 11.8 Å². The first-order chi connectivity index (χ1) is 9.10. The molecule has 0 aliphatic carbocycles. The summed E-state index contributed by atoms with van der Waals surface area (Å²) in [5, 5.41) is 0. The van der Waals surface area contributed by atoms with Gasteiger partial charge in [0.05, 0.1) is 0 Å². The number of thioether (sulfide) groups is 1. The second-order valence-electron chi connectivity index (χ2n) is 5.74. The Bertz CT molecular complexity index is 397. The summed E-state index contributed by atoms with van der Waals surface area (Å²) < 4.78 is 0.331. The van der Waals surface area contributed by atoms with Gasteiger partial charge in [0, 0.05) is 17.8 Å². The quantitative estimate of drug-likeness (QED) is 0.918. The van der Waals surface area contributed by atoms with Crippen molar-refractivity contribution in [1.82, 2.24) is 4.90 Å². The average molecular weight is 278 g/mol. The van der Waals surface area contributed by atoms with E-state index in [1.54, 1.807) is 0 Å². The van der Waals surface area contributed by atoms with Crippen LogP contribution in [0.2, 0.25) is 0 Å². The number of hydrogen-bond acceptors (Lipinski definition) is 3. The molecule has 19 heavy (non-hydrogen) atoms. The van der Waals surface area contributed by atoms with Gasteiger partial charge in [-0.15, -0.1) is 0 Å². The summed E-state index contributed by atoms with van der Waals surface area (Å²) in [5.74, 6) is 0. The van der Waals surface area contributed by atoms with Crippen LogP contribution in [0.25, 0.3) is 0 Å². The van der Waals surface area contributed by atoms with E-state index >= 15 is 0 Å². The zero-order valence-corrected chi connectivity index (χ0v) is 13.2. The molecule has 1 aromatic rings. The fourth-order valence-electron chi connectivity index (χ4n) is 2.93. The third-order valence-electron chi connectivity index (χ3n) is 4.60. The normalized spacial score (nSPS) is 19.6. The predicted octanol–water partition coefficient (Wildman–Crippen LogP) is 2.96. The molecule has 106 valence electrons. The molecular weight excluding hydrogens is 252 g/mol. The monoisotopic (exact) mass is 278 g/mol. The fourth-order valence-corrected chi connectivity index (χ4v) is 3.69. The molecular formula is C16H26N2S. The number of nitrogens with zero attached hydrogens (tertiary/aromatic N) is 1. The van der Waals surface area contributed by atoms with E-state index in [0.29, 0.717) is 4.75 Å². The van der Waals surface area contributed by atoms with Gasteiger partial charge >= 0.3 is 0 Å². The summed E-state index contributed by atoms with van der Waals surface area (Å²) in [5.41, 5.74) is 10.3. The van der Waals surface area contributed by atoms with Gasteiger partial charge < -0.3 is 5.73 Å². The Morgan fingerprint density at radius 2 is 1.79 bits per heavy atom. The molecule has 0 amide bonds. The molecule has 1 aromatic carbocycles. The third-order valence-corrected chi connectivity index (χ3v) is 6.04. The van der Waals surface area contributed by atoms with Crippen molar-refractivity contribution in [1.29, 1.82) is 0 Å². The van der Waals surface area contributed by atoms with Crippen LogP contribution in [0.3, 0.4) is 0 Å². The Kier molecular flexibility index (Phi) is 4.93. The number of rotatable bonds is 4. The molecule has 0 saturated carbocycles. The molecule has 0 unspecified atom stereocenters. The number of benzene rings is 1. The van der Waals surface area contributed by atoms with Crippen LogP contribution in [0.15, 0.2) is 18.2 Å². The first kappa shape index (κ1) is 14.9. The smallest absolute Gasteiger partial charge is 0.0303 e. The SMILES string of the molecule is CSC1(CN)CCN(Cc2c(C)cccc2C)CC1. The van der Waals surface area contributed by atoms with E-state index in [9.17, 15) is 0 Å². The standard InChI is InChI=1S/C16H26N2S/c1-13-5-4-6-14(2)15(13)11-18-9-7-16(12-17,19-3)8-10-18/h4-6H,7-12,17H2,1-3H3. The lowest BCUT2D eigenvalue weighted by molar-refractivity contribution is 0.194. The maximum absolute atomic E-state index is 5.96. The number of hydrogen-bond donors (Lipinski definition) is 1. The zero-order chi connectivity index (χ0) is 13.9. The van der Waals surface area contributed by atoms with E-state index in [2.05, 4.69) is 43.2 Å². The molecule has 2 rings (SSSR count). The van der Waals surface area contributed by atoms with Gasteiger partial charge in [0.15, 0.2) is 0 Å². The number of likely N-dealkylation sites (tertiary alicyclic amines) is 1. The van der Waals surface area contributed by atoms with Crippen LogP contribution in [0, 0.1) is 13.8 Å². The van der Waals surface area contributed by atoms with Gasteiger partial charge in [-0.2, -0.15) is 11.8 Å². The minimum Gasteiger partial charge on any atom is -0.329 e. The average Bonchev–Trinajstić information content (AvgIpc) is 2.44. The van der Waals surface area contributed by atoms with Gasteiger partial charge in [0.25, 0.3) is 0 Å². The fraction of sp³-hybridized carbons (Fsp3) is 0.625. The largest absolute Gasteiger partial charge is 0.329 e. The predicted molar refractivity (Wildman–Crippen MR) is 85.7 cm³/mol. The minimum atomic E-state index is 0.331. The Morgan fingerprint density at radius 3 is 2.26 bits per heavy atom. The molecule has 1 aliphatic rings. The second kappa shape index (κ2) is 6.29. The van der Waals surface area contributed by atoms with E-state index in [0.717, 1.165) is 13.1 Å². The molecule has 0 atom stereocenters. The van der Waals surface area contributed by atoms with Crippen LogP contribution < -0.4 is 5.73 Å². The van der Waals surface area contributed by atoms with Crippen LogP contribution in [0.1, 0.15) is 29.5 Å². The topological polar surface area (TPSA) is 29.3 Å². The molecule has 1 fully saturated rings. The molecule has 1 aliphatic heterocycles. The van der Waals surface area contributed by atoms with Gasteiger partial charge in [-0.25, -0.2) is 0 Å². The van der Waals surface area contributed by atoms with Crippen molar-refractivity contribution in [3.05, 3.63) is 34.9 Å². The lowest BCUT2D eigenvalue weighted by Crippen LogP contribution is -2.46. The van der Waals surface area contributed by atoms with E-state index in [4.69, 9.17) is 5.73 Å². The summed E-state index contributed by atoms with van der Waals surface area (Å²) in [6.07, 6.45) is 4.64. The van der Waals surface area contributed by atoms with Crippen molar-refractivity contribution in [2.24, 2.45) is 5.73 Å². The molecule has 0 bridgehead atoms. The zero-order valence-electron chi connectivity index (χ0n) is 12.4. The van der Waals surface area contributed by atoms with Crippen LogP contribution >= 0.6 is 11.8 Å². The first-order valence-corrected chi connectivity index (χ1v) is 8.35. The first-order valence-electron chi connectivity index (χ1n) is 7.13. The highest BCUT2D eigenvalue weighted by Crippen LogP contribution is 2.34. The molecule has 1 heterocycles. The minimum absolute atomic E-state index is 0.331. The van der Waals surface area contributed by atoms with Gasteiger partial charge in [-0.1, -0.05) is 18.2 Å². The molecule has 3 heteroatoms. The van der Waals surface area contributed by atoms with Crippen molar-refractivity contribution in [2.45, 2.75) is 38.0 Å². The summed E-state index contributed by atoms with van der Waals surface area (Å²) >= 11 is 1.96. The molecule has 2 nitrogen and oxygen atoms in total. The summed E-state index contributed by atoms with van der Waals surface area (Å²) in [4.78, 5) is 2.58. The highest BCUT2D eigenvalue weighted by molar-refractivity contribution is 8.00. The molecule has 1 saturated heterocycles. The Morgan fingerprint density at radius 1 is 1.21 bits per heavy atom. The van der Waals surface area contributed by atoms with Gasteiger partial charge in [-0.05, 0) is 62.7 Å². The van der Waals surface area contributed by atoms with Gasteiger partial charge in [0.1, 0.15) is 0 Å². The van der Waals surface area contributed by atoms with Crippen LogP contribution in [-0.4, -0.2) is 35.5 Å². The van der Waals surface area contributed by atoms with Crippen LogP contribution in [0.4, 0.5) is 0 Å². The molecule has 0 radical (unpaired) electrons. The number of piperidine rings is 1. The van der Waals surface area contributed by atoms with Crippen molar-refractivity contribution in [2.75, 3.05) is 25.9 Å². The Balaban J connectivity index is 2.00.